The number of benzene rings is 2. The number of rotatable bonds is 13. The van der Waals surface area contributed by atoms with Crippen molar-refractivity contribution in [3.05, 3.63) is 71.1 Å². The molecule has 59 heavy (non-hydrogen) atoms. The molecule has 1 saturated carbocycles. The zero-order chi connectivity index (χ0) is 41.5. The van der Waals surface area contributed by atoms with Crippen molar-refractivity contribution in [1.82, 2.24) is 9.80 Å². The Morgan fingerprint density at radius 1 is 0.661 bits per heavy atom. The number of allylic oxidation sites excluding steroid dienone is 2. The molecule has 4 heterocycles. The summed E-state index contributed by atoms with van der Waals surface area (Å²) in [6.45, 7) is 9.37. The molecule has 6 aliphatic rings. The molecular formula is C49H60N4O6. The van der Waals surface area contributed by atoms with Crippen LogP contribution in [0.2, 0.25) is 0 Å². The summed E-state index contributed by atoms with van der Waals surface area (Å²) in [5, 5.41) is 0. The number of fused-ring (bicyclic) bond motifs is 3. The Kier molecular flexibility index (Phi) is 11.8. The molecule has 0 N–H and O–H groups in total. The Balaban J connectivity index is 0.950. The number of aliphatic imine (C=N–C) groups is 2. The van der Waals surface area contributed by atoms with E-state index in [4.69, 9.17) is 19.5 Å². The molecule has 2 amide bonds. The minimum Gasteiger partial charge on any atom is -0.469 e. The molecule has 0 bridgehead atoms. The third-order valence-corrected chi connectivity index (χ3v) is 14.4. The number of amides is 2. The highest BCUT2D eigenvalue weighted by atomic mass is 16.5. The van der Waals surface area contributed by atoms with Gasteiger partial charge < -0.3 is 19.3 Å². The molecule has 0 radical (unpaired) electrons. The van der Waals surface area contributed by atoms with E-state index in [0.717, 1.165) is 61.1 Å². The van der Waals surface area contributed by atoms with Gasteiger partial charge in [0.2, 0.25) is 11.8 Å². The standard InChI is InChI=1S/C49H60N4O6/c1-28(2)38(24-45(54)58-5)48(56)52-19-7-9-43(52)41-22-33(26-50-41)30-11-13-31(14-12-30)36-18-17-35(40-21-32-15-16-37(32)47(36)40)34-23-42(51-27-34)44-10-8-20-53(44)49(57)39(29(3)4)25-46(55)59-6/h11-14,17-18,26-29,32,37-39,43-44H,7-10,15-16,19-25H2,1-6H3/t32?,37?,38-,39-,43-,44-/m0/s1. The zero-order valence-corrected chi connectivity index (χ0v) is 35.7. The van der Waals surface area contributed by atoms with Crippen LogP contribution >= 0.6 is 0 Å². The van der Waals surface area contributed by atoms with Crippen LogP contribution in [0.5, 0.6) is 0 Å². The first-order valence-corrected chi connectivity index (χ1v) is 22.0. The number of likely N-dealkylation sites (tertiary alicyclic amines) is 2. The number of esters is 2. The van der Waals surface area contributed by atoms with Gasteiger partial charge in [-0.15, -0.1) is 0 Å². The number of nitrogens with zero attached hydrogens (tertiary/aromatic N) is 4. The number of methoxy groups -OCH3 is 2. The van der Waals surface area contributed by atoms with Crippen molar-refractivity contribution >= 4 is 46.3 Å². The maximum atomic E-state index is 13.8. The van der Waals surface area contributed by atoms with Crippen LogP contribution in [0.4, 0.5) is 0 Å². The van der Waals surface area contributed by atoms with Crippen molar-refractivity contribution < 1.29 is 28.7 Å². The topological polar surface area (TPSA) is 118 Å². The van der Waals surface area contributed by atoms with E-state index < -0.39 is 11.8 Å². The lowest BCUT2D eigenvalue weighted by Gasteiger charge is -2.31. The van der Waals surface area contributed by atoms with Gasteiger partial charge in [-0.25, -0.2) is 0 Å². The average molecular weight is 801 g/mol. The highest BCUT2D eigenvalue weighted by Crippen LogP contribution is 2.56. The van der Waals surface area contributed by atoms with Crippen molar-refractivity contribution in [2.75, 3.05) is 27.3 Å². The molecule has 2 aromatic carbocycles. The first-order valence-electron chi connectivity index (χ1n) is 22.0. The molecule has 2 aromatic rings. The fraction of sp³-hybridized carbons (Fsp3) is 0.551. The normalized spacial score (nSPS) is 24.3. The third kappa shape index (κ3) is 7.84. The molecule has 0 aromatic heterocycles. The first-order chi connectivity index (χ1) is 28.5. The molecule has 312 valence electrons. The summed E-state index contributed by atoms with van der Waals surface area (Å²) in [4.78, 5) is 65.7. The second kappa shape index (κ2) is 17.0. The van der Waals surface area contributed by atoms with Gasteiger partial charge in [-0.1, -0.05) is 64.1 Å². The van der Waals surface area contributed by atoms with Crippen LogP contribution in [0.1, 0.15) is 120 Å². The van der Waals surface area contributed by atoms with E-state index in [1.54, 1.807) is 0 Å². The quantitative estimate of drug-likeness (QED) is 0.188. The molecule has 6 atom stereocenters. The first kappa shape index (κ1) is 40.9. The van der Waals surface area contributed by atoms with E-state index in [1.807, 2.05) is 49.9 Å². The molecule has 3 fully saturated rings. The van der Waals surface area contributed by atoms with Crippen molar-refractivity contribution in [2.45, 2.75) is 116 Å². The SMILES string of the molecule is COC(=O)C[C@H](C(=O)N1CCC[C@H]1C1=NC=C(c2ccc(-c3ccc(C4=CN=C([C@@H]5CCCN5C(=O)[C@@H](CC(=O)OC)C(C)C)C4)c4c3C3CCC3C4)cc2)C1)C(C)C. The van der Waals surface area contributed by atoms with E-state index >= 15 is 0 Å². The summed E-state index contributed by atoms with van der Waals surface area (Å²) in [5.74, 6) is -0.0880. The lowest BCUT2D eigenvalue weighted by atomic mass is 9.73. The molecule has 10 nitrogen and oxygen atoms in total. The summed E-state index contributed by atoms with van der Waals surface area (Å²) in [7, 11) is 2.75. The molecule has 10 heteroatoms. The summed E-state index contributed by atoms with van der Waals surface area (Å²) in [6.07, 6.45) is 12.9. The van der Waals surface area contributed by atoms with E-state index in [0.29, 0.717) is 31.3 Å². The fourth-order valence-electron chi connectivity index (χ4n) is 10.7. The maximum Gasteiger partial charge on any atom is 0.306 e. The monoisotopic (exact) mass is 800 g/mol. The molecule has 0 spiro atoms. The van der Waals surface area contributed by atoms with E-state index in [9.17, 15) is 19.2 Å². The van der Waals surface area contributed by atoms with Gasteiger partial charge in [-0.3, -0.25) is 29.2 Å². The summed E-state index contributed by atoms with van der Waals surface area (Å²) < 4.78 is 9.85. The van der Waals surface area contributed by atoms with Crippen molar-refractivity contribution in [1.29, 1.82) is 0 Å². The Morgan fingerprint density at radius 3 is 1.68 bits per heavy atom. The highest BCUT2D eigenvalue weighted by Gasteiger charge is 2.44. The fourth-order valence-corrected chi connectivity index (χ4v) is 10.7. The number of hydrogen-bond donors (Lipinski definition) is 0. The van der Waals surface area contributed by atoms with Gasteiger partial charge in [-0.05, 0) is 113 Å². The molecular weight excluding hydrogens is 741 g/mol. The number of ether oxygens (including phenoxy) is 2. The summed E-state index contributed by atoms with van der Waals surface area (Å²) in [5.41, 5.74) is 12.5. The Labute approximate surface area is 349 Å². The van der Waals surface area contributed by atoms with Crippen LogP contribution in [0.25, 0.3) is 22.3 Å². The van der Waals surface area contributed by atoms with Crippen LogP contribution < -0.4 is 0 Å². The van der Waals surface area contributed by atoms with Crippen LogP contribution in [-0.2, 0) is 35.1 Å². The second-order valence-electron chi connectivity index (χ2n) is 18.3. The lowest BCUT2D eigenvalue weighted by molar-refractivity contribution is -0.148. The van der Waals surface area contributed by atoms with E-state index in [1.165, 1.54) is 60.5 Å². The molecule has 8 rings (SSSR count). The van der Waals surface area contributed by atoms with Gasteiger partial charge in [0.05, 0.1) is 51.0 Å². The van der Waals surface area contributed by atoms with Crippen LogP contribution in [-0.4, -0.2) is 84.4 Å². The van der Waals surface area contributed by atoms with Crippen LogP contribution in [0.3, 0.4) is 0 Å². The predicted molar refractivity (Wildman–Crippen MR) is 230 cm³/mol. The Morgan fingerprint density at radius 2 is 1.17 bits per heavy atom. The molecule has 2 saturated heterocycles. The Hall–Kier alpha value is -4.86. The third-order valence-electron chi connectivity index (χ3n) is 14.4. The number of carbonyl (C=O) groups excluding carboxylic acids is 4. The van der Waals surface area contributed by atoms with Crippen molar-refractivity contribution in [2.24, 2.45) is 39.6 Å². The predicted octanol–water partition coefficient (Wildman–Crippen LogP) is 8.43. The number of hydrogen-bond acceptors (Lipinski definition) is 8. The zero-order valence-electron chi connectivity index (χ0n) is 35.7. The molecule has 2 unspecified atom stereocenters. The summed E-state index contributed by atoms with van der Waals surface area (Å²) >= 11 is 0. The minimum atomic E-state index is -0.402. The molecule has 2 aliphatic carbocycles. The van der Waals surface area contributed by atoms with Gasteiger partial charge in [0, 0.05) is 49.8 Å². The van der Waals surface area contributed by atoms with Crippen LogP contribution in [0.15, 0.2) is 58.8 Å². The van der Waals surface area contributed by atoms with Gasteiger partial charge in [-0.2, -0.15) is 0 Å². The number of carbonyl (C=O) groups is 4. The van der Waals surface area contributed by atoms with Crippen LogP contribution in [0, 0.1) is 29.6 Å². The average Bonchev–Trinajstić information content (AvgIpc) is 4.08. The molecule has 4 aliphatic heterocycles. The second-order valence-corrected chi connectivity index (χ2v) is 18.3. The van der Waals surface area contributed by atoms with Gasteiger partial charge in [0.25, 0.3) is 0 Å². The maximum absolute atomic E-state index is 13.8. The van der Waals surface area contributed by atoms with Gasteiger partial charge in [0.15, 0.2) is 0 Å². The van der Waals surface area contributed by atoms with Crippen molar-refractivity contribution in [3.8, 4) is 11.1 Å². The van der Waals surface area contributed by atoms with Crippen molar-refractivity contribution in [3.63, 3.8) is 0 Å². The van der Waals surface area contributed by atoms with E-state index in [-0.39, 0.29) is 60.5 Å². The minimum absolute atomic E-state index is 0.0265. The lowest BCUT2D eigenvalue weighted by Crippen LogP contribution is -2.45. The highest BCUT2D eigenvalue weighted by molar-refractivity contribution is 6.05. The largest absolute Gasteiger partial charge is 0.469 e. The van der Waals surface area contributed by atoms with E-state index in [2.05, 4.69) is 36.4 Å². The smallest absolute Gasteiger partial charge is 0.306 e. The summed E-state index contributed by atoms with van der Waals surface area (Å²) in [6, 6.07) is 13.5. The Bertz CT molecular complexity index is 2130. The van der Waals surface area contributed by atoms with Gasteiger partial charge >= 0.3 is 11.9 Å². The van der Waals surface area contributed by atoms with Gasteiger partial charge in [0.1, 0.15) is 0 Å².